The molecular formula is C14H19ClN2O. The summed E-state index contributed by atoms with van der Waals surface area (Å²) in [6, 6.07) is 7.74. The molecule has 1 aromatic carbocycles. The number of hydrogen-bond donors (Lipinski definition) is 1. The van der Waals surface area contributed by atoms with Crippen molar-refractivity contribution in [3.63, 3.8) is 0 Å². The van der Waals surface area contributed by atoms with Crippen LogP contribution in [0, 0.1) is 23.2 Å². The molecule has 0 bridgehead atoms. The summed E-state index contributed by atoms with van der Waals surface area (Å²) in [5.41, 5.74) is 0.924. The van der Waals surface area contributed by atoms with Crippen LogP contribution in [0.2, 0.25) is 5.02 Å². The first-order valence-electron chi connectivity index (χ1n) is 5.95. The Kier molecular flexibility index (Phi) is 5.46. The Morgan fingerprint density at radius 3 is 2.50 bits per heavy atom. The summed E-state index contributed by atoms with van der Waals surface area (Å²) in [4.78, 5) is 0. The van der Waals surface area contributed by atoms with Crippen molar-refractivity contribution in [1.29, 1.82) is 5.26 Å². The highest BCUT2D eigenvalue weighted by atomic mass is 35.5. The van der Waals surface area contributed by atoms with Gasteiger partial charge in [0.15, 0.2) is 0 Å². The van der Waals surface area contributed by atoms with Crippen LogP contribution in [0.1, 0.15) is 25.5 Å². The van der Waals surface area contributed by atoms with Gasteiger partial charge in [-0.15, -0.1) is 0 Å². The van der Waals surface area contributed by atoms with E-state index in [0.717, 1.165) is 11.3 Å². The monoisotopic (exact) mass is 266 g/mol. The number of methoxy groups -OCH3 is 1. The van der Waals surface area contributed by atoms with Gasteiger partial charge in [-0.2, -0.15) is 5.26 Å². The van der Waals surface area contributed by atoms with E-state index >= 15 is 0 Å². The van der Waals surface area contributed by atoms with Crippen molar-refractivity contribution < 1.29 is 4.74 Å². The molecular weight excluding hydrogens is 248 g/mol. The molecule has 0 saturated carbocycles. The van der Waals surface area contributed by atoms with E-state index < -0.39 is 0 Å². The number of nitriles is 1. The molecule has 0 aliphatic carbocycles. The lowest BCUT2D eigenvalue weighted by molar-refractivity contribution is 0.344. The van der Waals surface area contributed by atoms with Crippen LogP contribution in [0.4, 0.5) is 0 Å². The third kappa shape index (κ3) is 3.16. The zero-order valence-corrected chi connectivity index (χ0v) is 12.0. The summed E-state index contributed by atoms with van der Waals surface area (Å²) >= 11 is 6.04. The zero-order valence-electron chi connectivity index (χ0n) is 11.2. The fourth-order valence-corrected chi connectivity index (χ4v) is 2.27. The molecule has 2 unspecified atom stereocenters. The predicted molar refractivity (Wildman–Crippen MR) is 73.7 cm³/mol. The molecule has 1 aromatic rings. The van der Waals surface area contributed by atoms with E-state index in [4.69, 9.17) is 16.3 Å². The first kappa shape index (κ1) is 14.8. The van der Waals surface area contributed by atoms with Gasteiger partial charge in [-0.05, 0) is 31.2 Å². The molecule has 98 valence electrons. The highest BCUT2D eigenvalue weighted by molar-refractivity contribution is 6.30. The van der Waals surface area contributed by atoms with Gasteiger partial charge in [-0.1, -0.05) is 25.4 Å². The topological polar surface area (TPSA) is 45.0 Å². The van der Waals surface area contributed by atoms with Gasteiger partial charge in [-0.3, -0.25) is 0 Å². The van der Waals surface area contributed by atoms with Gasteiger partial charge in [0, 0.05) is 10.6 Å². The molecule has 0 aliphatic heterocycles. The van der Waals surface area contributed by atoms with E-state index in [9.17, 15) is 5.26 Å². The Labute approximate surface area is 114 Å². The van der Waals surface area contributed by atoms with Crippen molar-refractivity contribution >= 4 is 11.6 Å². The lowest BCUT2D eigenvalue weighted by atomic mass is 9.85. The minimum atomic E-state index is -0.137. The van der Waals surface area contributed by atoms with Crippen molar-refractivity contribution in [2.45, 2.75) is 19.9 Å². The van der Waals surface area contributed by atoms with Crippen LogP contribution >= 0.6 is 11.6 Å². The molecule has 0 saturated heterocycles. The molecule has 4 heteroatoms. The molecule has 18 heavy (non-hydrogen) atoms. The number of nitrogens with zero attached hydrogens (tertiary/aromatic N) is 1. The van der Waals surface area contributed by atoms with Gasteiger partial charge in [0.2, 0.25) is 0 Å². The van der Waals surface area contributed by atoms with Crippen LogP contribution in [0.15, 0.2) is 18.2 Å². The Bertz CT molecular complexity index is 440. The zero-order chi connectivity index (χ0) is 13.7. The fourth-order valence-electron chi connectivity index (χ4n) is 2.09. The Hall–Kier alpha value is -1.24. The minimum Gasteiger partial charge on any atom is -0.496 e. The molecule has 0 radical (unpaired) electrons. The van der Waals surface area contributed by atoms with E-state index in [1.165, 1.54) is 0 Å². The maximum Gasteiger partial charge on any atom is 0.123 e. The van der Waals surface area contributed by atoms with Crippen molar-refractivity contribution in [2.75, 3.05) is 14.2 Å². The lowest BCUT2D eigenvalue weighted by Crippen LogP contribution is -2.28. The van der Waals surface area contributed by atoms with Crippen LogP contribution in [0.25, 0.3) is 0 Å². The van der Waals surface area contributed by atoms with E-state index in [-0.39, 0.29) is 17.9 Å². The normalized spacial score (nSPS) is 14.1. The van der Waals surface area contributed by atoms with Crippen molar-refractivity contribution in [3.05, 3.63) is 28.8 Å². The summed E-state index contributed by atoms with van der Waals surface area (Å²) in [5, 5.41) is 13.2. The minimum absolute atomic E-state index is 0.0938. The van der Waals surface area contributed by atoms with E-state index in [0.29, 0.717) is 5.02 Å². The Morgan fingerprint density at radius 1 is 1.39 bits per heavy atom. The molecule has 0 aromatic heterocycles. The van der Waals surface area contributed by atoms with Crippen LogP contribution in [0.3, 0.4) is 0 Å². The molecule has 0 heterocycles. The van der Waals surface area contributed by atoms with Crippen LogP contribution in [-0.2, 0) is 0 Å². The first-order valence-corrected chi connectivity index (χ1v) is 6.33. The smallest absolute Gasteiger partial charge is 0.123 e. The van der Waals surface area contributed by atoms with Gasteiger partial charge >= 0.3 is 0 Å². The van der Waals surface area contributed by atoms with Crippen molar-refractivity contribution in [2.24, 2.45) is 11.8 Å². The summed E-state index contributed by atoms with van der Waals surface area (Å²) in [7, 11) is 3.47. The molecule has 1 rings (SSSR count). The number of rotatable bonds is 5. The second-order valence-corrected chi connectivity index (χ2v) is 4.99. The number of hydrogen-bond acceptors (Lipinski definition) is 3. The molecule has 0 fully saturated rings. The van der Waals surface area contributed by atoms with E-state index in [1.54, 1.807) is 13.2 Å². The predicted octanol–water partition coefficient (Wildman–Crippen LogP) is 3.40. The Morgan fingerprint density at radius 2 is 2.06 bits per heavy atom. The first-order chi connectivity index (χ1) is 8.54. The van der Waals surface area contributed by atoms with Gasteiger partial charge in [0.25, 0.3) is 0 Å². The maximum atomic E-state index is 9.33. The van der Waals surface area contributed by atoms with Gasteiger partial charge in [-0.25, -0.2) is 0 Å². The summed E-state index contributed by atoms with van der Waals surface area (Å²) in [6.45, 7) is 4.07. The SMILES string of the molecule is CNC(c1cc(Cl)ccc1OC)C(C#N)C(C)C. The van der Waals surface area contributed by atoms with Crippen LogP contribution in [-0.4, -0.2) is 14.2 Å². The van der Waals surface area contributed by atoms with Crippen LogP contribution < -0.4 is 10.1 Å². The van der Waals surface area contributed by atoms with Crippen LogP contribution in [0.5, 0.6) is 5.75 Å². The summed E-state index contributed by atoms with van der Waals surface area (Å²) in [5.74, 6) is 0.859. The Balaban J connectivity index is 3.23. The third-order valence-electron chi connectivity index (χ3n) is 3.06. The fraction of sp³-hybridized carbons (Fsp3) is 0.500. The van der Waals surface area contributed by atoms with Gasteiger partial charge < -0.3 is 10.1 Å². The standard InChI is InChI=1S/C14H19ClN2O/c1-9(2)12(8-16)14(17-3)11-7-10(15)5-6-13(11)18-4/h5-7,9,12,14,17H,1-4H3. The quantitative estimate of drug-likeness (QED) is 0.888. The number of nitrogens with one attached hydrogen (secondary N) is 1. The summed E-state index contributed by atoms with van der Waals surface area (Å²) < 4.78 is 5.35. The summed E-state index contributed by atoms with van der Waals surface area (Å²) in [6.07, 6.45) is 0. The second-order valence-electron chi connectivity index (χ2n) is 4.55. The lowest BCUT2D eigenvalue weighted by Gasteiger charge is -2.26. The number of benzene rings is 1. The average molecular weight is 267 g/mol. The molecule has 3 nitrogen and oxygen atoms in total. The van der Waals surface area contributed by atoms with E-state index in [1.807, 2.05) is 33.0 Å². The van der Waals surface area contributed by atoms with Gasteiger partial charge in [0.1, 0.15) is 5.75 Å². The number of ether oxygens (including phenoxy) is 1. The molecule has 0 spiro atoms. The number of halogens is 1. The van der Waals surface area contributed by atoms with Gasteiger partial charge in [0.05, 0.1) is 25.1 Å². The molecule has 0 aliphatic rings. The van der Waals surface area contributed by atoms with Crippen molar-refractivity contribution in [1.82, 2.24) is 5.32 Å². The molecule has 0 amide bonds. The van der Waals surface area contributed by atoms with Crippen molar-refractivity contribution in [3.8, 4) is 11.8 Å². The van der Waals surface area contributed by atoms with E-state index in [2.05, 4.69) is 11.4 Å². The highest BCUT2D eigenvalue weighted by Crippen LogP contribution is 2.34. The largest absolute Gasteiger partial charge is 0.496 e. The molecule has 2 atom stereocenters. The highest BCUT2D eigenvalue weighted by Gasteiger charge is 2.27. The molecule has 1 N–H and O–H groups in total. The third-order valence-corrected chi connectivity index (χ3v) is 3.30. The maximum absolute atomic E-state index is 9.33. The average Bonchev–Trinajstić information content (AvgIpc) is 2.35. The second kappa shape index (κ2) is 6.63.